The van der Waals surface area contributed by atoms with Gasteiger partial charge in [-0.15, -0.1) is 0 Å². The van der Waals surface area contributed by atoms with Crippen molar-refractivity contribution in [2.24, 2.45) is 5.92 Å². The fraction of sp³-hybridized carbons (Fsp3) is 0.571. The molecule has 2 aromatic heterocycles. The zero-order valence-corrected chi connectivity index (χ0v) is 15.3. The first-order valence-corrected chi connectivity index (χ1v) is 7.05. The van der Waals surface area contributed by atoms with Crippen LogP contribution < -0.4 is 10.00 Å². The van der Waals surface area contributed by atoms with Gasteiger partial charge < -0.3 is 15.0 Å². The van der Waals surface area contributed by atoms with Gasteiger partial charge in [0.25, 0.3) is 0 Å². The minimum atomic E-state index is 0. The quantitative estimate of drug-likeness (QED) is 0.652. The van der Waals surface area contributed by atoms with Crippen molar-refractivity contribution in [3.8, 4) is 6.07 Å². The maximum Gasteiger partial charge on any atom is 0.137 e. The molecule has 1 aliphatic heterocycles. The Morgan fingerprint density at radius 3 is 2.86 bits per heavy atom. The summed E-state index contributed by atoms with van der Waals surface area (Å²) in [6, 6.07) is 2.34. The third-order valence-electron chi connectivity index (χ3n) is 3.26. The second-order valence-electron chi connectivity index (χ2n) is 4.59. The number of nitrogens with zero attached hydrogens (tertiary/aromatic N) is 6. The molecule has 3 heterocycles. The van der Waals surface area contributed by atoms with Crippen LogP contribution in [0.2, 0.25) is 0 Å². The van der Waals surface area contributed by atoms with E-state index in [2.05, 4.69) is 31.1 Å². The van der Waals surface area contributed by atoms with Gasteiger partial charge in [-0.2, -0.15) is 5.26 Å². The normalized spacial score (nSPS) is 17.4. The van der Waals surface area contributed by atoms with Gasteiger partial charge in [0.2, 0.25) is 0 Å². The SMILES string of the molecule is CC.Cc1nc(N2CCCC(C#N)C2)c2cn[n-]c2n1.[Re]. The molecular weight excluding hydrogens is 438 g/mol. The van der Waals surface area contributed by atoms with Crippen LogP contribution in [-0.2, 0) is 20.4 Å². The molecule has 0 saturated carbocycles. The van der Waals surface area contributed by atoms with E-state index in [1.165, 1.54) is 0 Å². The minimum Gasteiger partial charge on any atom is -0.422 e. The second-order valence-corrected chi connectivity index (χ2v) is 4.59. The van der Waals surface area contributed by atoms with Crippen molar-refractivity contribution in [3.05, 3.63) is 12.0 Å². The molecular formula is C14H19N6Re-. The van der Waals surface area contributed by atoms with E-state index in [1.807, 2.05) is 20.8 Å². The Kier molecular flexibility index (Phi) is 6.75. The summed E-state index contributed by atoms with van der Waals surface area (Å²) in [6.45, 7) is 7.51. The molecule has 0 amide bonds. The Labute approximate surface area is 138 Å². The van der Waals surface area contributed by atoms with Crippen molar-refractivity contribution in [1.82, 2.24) is 20.2 Å². The summed E-state index contributed by atoms with van der Waals surface area (Å²) in [5, 5.41) is 17.8. The van der Waals surface area contributed by atoms with Gasteiger partial charge in [-0.25, -0.2) is 4.98 Å². The van der Waals surface area contributed by atoms with Crippen molar-refractivity contribution in [2.45, 2.75) is 33.6 Å². The number of rotatable bonds is 1. The van der Waals surface area contributed by atoms with Crippen LogP contribution in [0, 0.1) is 24.2 Å². The molecule has 1 saturated heterocycles. The molecule has 1 radical (unpaired) electrons. The summed E-state index contributed by atoms with van der Waals surface area (Å²) in [4.78, 5) is 10.9. The first kappa shape index (κ1) is 17.6. The molecule has 2 aromatic rings. The molecule has 7 heteroatoms. The molecule has 6 nitrogen and oxygen atoms in total. The van der Waals surface area contributed by atoms with Crippen LogP contribution in [0.15, 0.2) is 6.20 Å². The van der Waals surface area contributed by atoms with Crippen LogP contribution in [0.5, 0.6) is 0 Å². The standard InChI is InChI=1S/C12H13N6.C2H6.Re/c1-8-15-11-10(6-14-17-11)12(16-8)18-4-2-3-9(5-13)7-18;1-2;/h6,9H,2-4,7H2,1H3;1-2H3;/q-1;;. The average Bonchev–Trinajstić information content (AvgIpc) is 2.96. The largest absolute Gasteiger partial charge is 0.422 e. The zero-order valence-electron chi connectivity index (χ0n) is 12.5. The van der Waals surface area contributed by atoms with E-state index in [0.29, 0.717) is 11.5 Å². The van der Waals surface area contributed by atoms with Crippen molar-refractivity contribution in [3.63, 3.8) is 0 Å². The van der Waals surface area contributed by atoms with E-state index in [4.69, 9.17) is 5.26 Å². The molecule has 0 aliphatic carbocycles. The van der Waals surface area contributed by atoms with E-state index >= 15 is 0 Å². The van der Waals surface area contributed by atoms with Gasteiger partial charge in [-0.1, -0.05) is 13.8 Å². The molecule has 1 aliphatic rings. The van der Waals surface area contributed by atoms with Crippen LogP contribution in [0.25, 0.3) is 11.0 Å². The van der Waals surface area contributed by atoms with Crippen LogP contribution in [0.1, 0.15) is 32.5 Å². The predicted octanol–water partition coefficient (Wildman–Crippen LogP) is 2.05. The van der Waals surface area contributed by atoms with Crippen LogP contribution in [-0.4, -0.2) is 28.2 Å². The first-order valence-electron chi connectivity index (χ1n) is 7.05. The van der Waals surface area contributed by atoms with Gasteiger partial charge in [0.1, 0.15) is 5.82 Å². The number of fused-ring (bicyclic) bond motifs is 1. The average molecular weight is 458 g/mol. The third-order valence-corrected chi connectivity index (χ3v) is 3.26. The van der Waals surface area contributed by atoms with E-state index < -0.39 is 0 Å². The van der Waals surface area contributed by atoms with E-state index in [9.17, 15) is 0 Å². The molecule has 0 N–H and O–H groups in total. The summed E-state index contributed by atoms with van der Waals surface area (Å²) in [6.07, 6.45) is 3.68. The Bertz CT molecular complexity index is 617. The first-order chi connectivity index (χ1) is 9.78. The van der Waals surface area contributed by atoms with Crippen LogP contribution >= 0.6 is 0 Å². The van der Waals surface area contributed by atoms with E-state index in [-0.39, 0.29) is 26.3 Å². The summed E-state index contributed by atoms with van der Waals surface area (Å²) >= 11 is 0. The Hall–Kier alpha value is -1.50. The summed E-state index contributed by atoms with van der Waals surface area (Å²) < 4.78 is 0. The summed E-state index contributed by atoms with van der Waals surface area (Å²) in [7, 11) is 0. The zero-order chi connectivity index (χ0) is 14.5. The van der Waals surface area contributed by atoms with Crippen LogP contribution in [0.4, 0.5) is 5.82 Å². The van der Waals surface area contributed by atoms with E-state index in [1.54, 1.807) is 6.20 Å². The third kappa shape index (κ3) is 3.78. The number of aryl methyl sites for hydroxylation is 1. The maximum absolute atomic E-state index is 9.05. The molecule has 1 unspecified atom stereocenters. The molecule has 113 valence electrons. The molecule has 0 spiro atoms. The van der Waals surface area contributed by atoms with Gasteiger partial charge in [0, 0.05) is 50.9 Å². The van der Waals surface area contributed by atoms with E-state index in [0.717, 1.165) is 37.1 Å². The maximum atomic E-state index is 9.05. The summed E-state index contributed by atoms with van der Waals surface area (Å²) in [5.41, 5.74) is 0.636. The van der Waals surface area contributed by atoms with Crippen molar-refractivity contribution < 1.29 is 20.4 Å². The minimum absolute atomic E-state index is 0. The van der Waals surface area contributed by atoms with Crippen LogP contribution in [0.3, 0.4) is 0 Å². The Balaban J connectivity index is 0.000000706. The number of hydrogen-bond donors (Lipinski definition) is 0. The van der Waals surface area contributed by atoms with Crippen molar-refractivity contribution in [1.29, 1.82) is 5.26 Å². The van der Waals surface area contributed by atoms with Gasteiger partial charge in [-0.3, -0.25) is 5.10 Å². The number of hydrogen-bond acceptors (Lipinski definition) is 5. The summed E-state index contributed by atoms with van der Waals surface area (Å²) in [5.74, 6) is 1.64. The molecule has 1 fully saturated rings. The second kappa shape index (κ2) is 8.07. The fourth-order valence-electron chi connectivity index (χ4n) is 2.40. The molecule has 1 atom stereocenters. The fourth-order valence-corrected chi connectivity index (χ4v) is 2.40. The van der Waals surface area contributed by atoms with Crippen molar-refractivity contribution in [2.75, 3.05) is 18.0 Å². The van der Waals surface area contributed by atoms with Gasteiger partial charge in [0.05, 0.1) is 12.0 Å². The number of anilines is 1. The number of nitriles is 1. The molecule has 3 rings (SSSR count). The molecule has 21 heavy (non-hydrogen) atoms. The number of piperidine rings is 1. The van der Waals surface area contributed by atoms with Crippen molar-refractivity contribution >= 4 is 16.9 Å². The molecule has 0 bridgehead atoms. The Morgan fingerprint density at radius 1 is 1.38 bits per heavy atom. The monoisotopic (exact) mass is 458 g/mol. The topological polar surface area (TPSA) is 79.8 Å². The van der Waals surface area contributed by atoms with Gasteiger partial charge in [-0.05, 0) is 25.4 Å². The number of aromatic nitrogens is 4. The van der Waals surface area contributed by atoms with Gasteiger partial charge >= 0.3 is 0 Å². The molecule has 0 aromatic carbocycles. The predicted molar refractivity (Wildman–Crippen MR) is 77.3 cm³/mol. The smallest absolute Gasteiger partial charge is 0.137 e. The van der Waals surface area contributed by atoms with Gasteiger partial charge in [0.15, 0.2) is 0 Å². The Morgan fingerprint density at radius 2 is 2.14 bits per heavy atom.